The Morgan fingerprint density at radius 2 is 1.38 bits per heavy atom. The molecule has 2 heteroatoms. The lowest BCUT2D eigenvalue weighted by atomic mass is 9.87. The van der Waals surface area contributed by atoms with Gasteiger partial charge in [-0.3, -0.25) is 0 Å². The molecule has 0 atom stereocenters. The fourth-order valence-electron chi connectivity index (χ4n) is 4.00. The first-order chi connectivity index (χ1) is 15.5. The van der Waals surface area contributed by atoms with Gasteiger partial charge < -0.3 is 9.73 Å². The number of rotatable bonds is 4. The van der Waals surface area contributed by atoms with Gasteiger partial charge in [-0.05, 0) is 59.0 Å². The van der Waals surface area contributed by atoms with E-state index in [1.807, 2.05) is 24.3 Å². The van der Waals surface area contributed by atoms with E-state index in [9.17, 15) is 0 Å². The Morgan fingerprint density at radius 1 is 0.656 bits per heavy atom. The van der Waals surface area contributed by atoms with Gasteiger partial charge in [0.25, 0.3) is 0 Å². The Labute approximate surface area is 189 Å². The molecule has 1 N–H and O–H groups in total. The average molecular weight is 418 g/mol. The van der Waals surface area contributed by atoms with Gasteiger partial charge in [-0.2, -0.15) is 0 Å². The van der Waals surface area contributed by atoms with Gasteiger partial charge in [0.05, 0.1) is 0 Å². The number of nitrogens with one attached hydrogen (secondary N) is 1. The first-order valence-electron chi connectivity index (χ1n) is 11.0. The van der Waals surface area contributed by atoms with E-state index in [2.05, 4.69) is 105 Å². The fraction of sp³-hybridized carbons (Fsp3) is 0.133. The highest BCUT2D eigenvalue weighted by atomic mass is 16.3. The zero-order valence-electron chi connectivity index (χ0n) is 18.7. The Morgan fingerprint density at radius 3 is 2.09 bits per heavy atom. The second-order valence-corrected chi connectivity index (χ2v) is 9.23. The quantitative estimate of drug-likeness (QED) is 0.316. The van der Waals surface area contributed by atoms with E-state index in [0.29, 0.717) is 0 Å². The van der Waals surface area contributed by atoms with Crippen molar-refractivity contribution >= 4 is 22.3 Å². The summed E-state index contributed by atoms with van der Waals surface area (Å²) in [4.78, 5) is 0. The van der Waals surface area contributed by atoms with Crippen molar-refractivity contribution in [3.63, 3.8) is 0 Å². The minimum absolute atomic E-state index is 0.141. The van der Waals surface area contributed by atoms with Crippen molar-refractivity contribution in [2.45, 2.75) is 26.2 Å². The van der Waals surface area contributed by atoms with Gasteiger partial charge in [-0.15, -0.1) is 0 Å². The second-order valence-electron chi connectivity index (χ2n) is 9.23. The lowest BCUT2D eigenvalue weighted by Gasteiger charge is -2.20. The standard InChI is InChI=1S/C30H27NO/c1-30(2,3)24-14-16-25(17-15-24)31-27-18-13-23(19-26(27)21-9-5-4-6-10-21)29-20-22-11-7-8-12-28(22)32-29/h4-20,31H,1-3H3. The van der Waals surface area contributed by atoms with E-state index in [-0.39, 0.29) is 5.41 Å². The van der Waals surface area contributed by atoms with E-state index in [1.165, 1.54) is 11.1 Å². The summed E-state index contributed by atoms with van der Waals surface area (Å²) in [6.07, 6.45) is 0. The van der Waals surface area contributed by atoms with E-state index >= 15 is 0 Å². The minimum Gasteiger partial charge on any atom is -0.456 e. The number of furan rings is 1. The summed E-state index contributed by atoms with van der Waals surface area (Å²) >= 11 is 0. The van der Waals surface area contributed by atoms with E-state index in [1.54, 1.807) is 0 Å². The maximum absolute atomic E-state index is 6.13. The molecule has 0 fully saturated rings. The molecule has 1 heterocycles. The number of benzene rings is 4. The Bertz CT molecular complexity index is 1320. The van der Waals surface area contributed by atoms with Crippen LogP contribution in [0.5, 0.6) is 0 Å². The molecule has 0 aliphatic carbocycles. The summed E-state index contributed by atoms with van der Waals surface area (Å²) in [5, 5.41) is 4.74. The van der Waals surface area contributed by atoms with Crippen LogP contribution in [-0.4, -0.2) is 0 Å². The molecule has 0 saturated heterocycles. The maximum Gasteiger partial charge on any atom is 0.135 e. The first kappa shape index (κ1) is 20.1. The smallest absolute Gasteiger partial charge is 0.135 e. The predicted octanol–water partition coefficient (Wildman–Crippen LogP) is 8.81. The molecule has 1 aromatic heterocycles. The summed E-state index contributed by atoms with van der Waals surface area (Å²) in [5.74, 6) is 0.879. The third-order valence-electron chi connectivity index (χ3n) is 5.84. The van der Waals surface area contributed by atoms with E-state index in [4.69, 9.17) is 4.42 Å². The summed E-state index contributed by atoms with van der Waals surface area (Å²) in [7, 11) is 0. The molecule has 32 heavy (non-hydrogen) atoms. The van der Waals surface area contributed by atoms with Crippen LogP contribution in [0.2, 0.25) is 0 Å². The highest BCUT2D eigenvalue weighted by Gasteiger charge is 2.14. The van der Waals surface area contributed by atoms with Gasteiger partial charge in [0.2, 0.25) is 0 Å². The zero-order valence-corrected chi connectivity index (χ0v) is 18.7. The van der Waals surface area contributed by atoms with Crippen LogP contribution in [0.1, 0.15) is 26.3 Å². The number of anilines is 2. The highest BCUT2D eigenvalue weighted by Crippen LogP contribution is 2.36. The summed E-state index contributed by atoms with van der Waals surface area (Å²) in [5.41, 5.74) is 7.89. The number of hydrogen-bond acceptors (Lipinski definition) is 2. The van der Waals surface area contributed by atoms with Crippen molar-refractivity contribution < 1.29 is 4.42 Å². The monoisotopic (exact) mass is 417 g/mol. The molecule has 0 saturated carbocycles. The van der Waals surface area contributed by atoms with Crippen LogP contribution in [0.3, 0.4) is 0 Å². The van der Waals surface area contributed by atoms with Gasteiger partial charge >= 0.3 is 0 Å². The van der Waals surface area contributed by atoms with Crippen LogP contribution < -0.4 is 5.32 Å². The van der Waals surface area contributed by atoms with Crippen molar-refractivity contribution in [2.24, 2.45) is 0 Å². The molecule has 0 spiro atoms. The SMILES string of the molecule is CC(C)(C)c1ccc(Nc2ccc(-c3cc4ccccc4o3)cc2-c2ccccc2)cc1. The van der Waals surface area contributed by atoms with Crippen LogP contribution in [-0.2, 0) is 5.41 Å². The molecule has 0 unspecified atom stereocenters. The number of hydrogen-bond donors (Lipinski definition) is 1. The van der Waals surface area contributed by atoms with Crippen LogP contribution >= 0.6 is 0 Å². The second kappa shape index (κ2) is 8.05. The van der Waals surface area contributed by atoms with Gasteiger partial charge in [0.1, 0.15) is 11.3 Å². The maximum atomic E-state index is 6.13. The topological polar surface area (TPSA) is 25.2 Å². The molecule has 5 rings (SSSR count). The van der Waals surface area contributed by atoms with Gasteiger partial charge in [0.15, 0.2) is 0 Å². The lowest BCUT2D eigenvalue weighted by molar-refractivity contribution is 0.590. The van der Waals surface area contributed by atoms with Crippen LogP contribution in [0.25, 0.3) is 33.4 Å². The Hall–Kier alpha value is -3.78. The third-order valence-corrected chi connectivity index (χ3v) is 5.84. The molecule has 0 bridgehead atoms. The number of fused-ring (bicyclic) bond motifs is 1. The van der Waals surface area contributed by atoms with Crippen molar-refractivity contribution in [3.8, 4) is 22.5 Å². The normalized spacial score (nSPS) is 11.6. The summed E-state index contributed by atoms with van der Waals surface area (Å²) < 4.78 is 6.13. The van der Waals surface area contributed by atoms with E-state index in [0.717, 1.165) is 39.2 Å². The molecule has 5 aromatic rings. The van der Waals surface area contributed by atoms with Gasteiger partial charge in [0, 0.05) is 27.9 Å². The predicted molar refractivity (Wildman–Crippen MR) is 136 cm³/mol. The largest absolute Gasteiger partial charge is 0.456 e. The number of para-hydroxylation sites is 1. The van der Waals surface area contributed by atoms with E-state index < -0.39 is 0 Å². The highest BCUT2D eigenvalue weighted by molar-refractivity contribution is 5.87. The first-order valence-corrected chi connectivity index (χ1v) is 11.0. The van der Waals surface area contributed by atoms with Crippen molar-refractivity contribution in [2.75, 3.05) is 5.32 Å². The van der Waals surface area contributed by atoms with Crippen molar-refractivity contribution in [3.05, 3.63) is 109 Å². The zero-order chi connectivity index (χ0) is 22.1. The molecular weight excluding hydrogens is 390 g/mol. The van der Waals surface area contributed by atoms with Gasteiger partial charge in [-0.1, -0.05) is 81.4 Å². The Balaban J connectivity index is 1.55. The summed E-state index contributed by atoms with van der Waals surface area (Å²) in [6.45, 7) is 6.71. The molecule has 0 amide bonds. The molecule has 4 aromatic carbocycles. The van der Waals surface area contributed by atoms with Crippen LogP contribution in [0.15, 0.2) is 108 Å². The molecular formula is C30H27NO. The molecule has 158 valence electrons. The van der Waals surface area contributed by atoms with Crippen molar-refractivity contribution in [1.82, 2.24) is 0 Å². The van der Waals surface area contributed by atoms with Crippen molar-refractivity contribution in [1.29, 1.82) is 0 Å². The average Bonchev–Trinajstić information content (AvgIpc) is 3.24. The van der Waals surface area contributed by atoms with Crippen LogP contribution in [0, 0.1) is 0 Å². The lowest BCUT2D eigenvalue weighted by Crippen LogP contribution is -2.10. The third kappa shape index (κ3) is 4.04. The molecule has 0 radical (unpaired) electrons. The van der Waals surface area contributed by atoms with Crippen LogP contribution in [0.4, 0.5) is 11.4 Å². The minimum atomic E-state index is 0.141. The summed E-state index contributed by atoms with van der Waals surface area (Å²) in [6, 6.07) is 35.9. The molecule has 2 nitrogen and oxygen atoms in total. The molecule has 0 aliphatic rings. The fourth-order valence-corrected chi connectivity index (χ4v) is 4.00. The molecule has 0 aliphatic heterocycles. The Kier molecular flexibility index (Phi) is 5.07. The van der Waals surface area contributed by atoms with Gasteiger partial charge in [-0.25, -0.2) is 0 Å².